The molecule has 2 aromatic carbocycles. The topological polar surface area (TPSA) is 90.1 Å². The molecule has 6 rings (SSSR count). The van der Waals surface area contributed by atoms with Gasteiger partial charge in [-0.2, -0.15) is 5.10 Å². The van der Waals surface area contributed by atoms with Crippen molar-refractivity contribution in [2.24, 2.45) is 5.10 Å². The summed E-state index contributed by atoms with van der Waals surface area (Å²) in [6.07, 6.45) is 5.30. The number of benzene rings is 2. The molecule has 1 amide bonds. The van der Waals surface area contributed by atoms with E-state index in [1.54, 1.807) is 24.5 Å². The number of hydrazone groups is 1. The number of carbonyl (C=O) groups is 1. The molecule has 2 aromatic heterocycles. The number of para-hydroxylation sites is 1. The molecule has 0 N–H and O–H groups in total. The average molecular weight is 412 g/mol. The lowest BCUT2D eigenvalue weighted by Crippen LogP contribution is -2.27. The van der Waals surface area contributed by atoms with Crippen molar-refractivity contribution in [3.8, 4) is 11.5 Å². The Balaban J connectivity index is 1.45. The van der Waals surface area contributed by atoms with Gasteiger partial charge in [-0.05, 0) is 36.4 Å². The van der Waals surface area contributed by atoms with Crippen LogP contribution in [0.2, 0.25) is 0 Å². The summed E-state index contributed by atoms with van der Waals surface area (Å²) in [6, 6.07) is 14.4. The number of nitrogens with zero attached hydrogens (tertiary/aromatic N) is 4. The Morgan fingerprint density at radius 3 is 2.81 bits per heavy atom. The molecule has 4 aromatic rings. The third kappa shape index (κ3) is 2.92. The first-order chi connectivity index (χ1) is 15.3. The highest BCUT2D eigenvalue weighted by Gasteiger charge is 2.36. The molecule has 152 valence electrons. The van der Waals surface area contributed by atoms with Crippen molar-refractivity contribution in [3.63, 3.8) is 0 Å². The van der Waals surface area contributed by atoms with Crippen LogP contribution < -0.4 is 9.47 Å². The van der Waals surface area contributed by atoms with Gasteiger partial charge in [0.15, 0.2) is 17.3 Å². The van der Waals surface area contributed by atoms with Gasteiger partial charge in [-0.1, -0.05) is 12.1 Å². The summed E-state index contributed by atoms with van der Waals surface area (Å²) in [5.41, 5.74) is 4.03. The van der Waals surface area contributed by atoms with Crippen molar-refractivity contribution in [1.82, 2.24) is 15.0 Å². The summed E-state index contributed by atoms with van der Waals surface area (Å²) in [7, 11) is 0. The van der Waals surface area contributed by atoms with E-state index in [2.05, 4.69) is 9.97 Å². The van der Waals surface area contributed by atoms with Crippen LogP contribution in [-0.2, 0) is 0 Å². The number of aromatic nitrogens is 2. The van der Waals surface area contributed by atoms with Crippen LogP contribution in [0, 0.1) is 0 Å². The van der Waals surface area contributed by atoms with E-state index < -0.39 is 0 Å². The first-order valence-electron chi connectivity index (χ1n) is 9.82. The predicted molar refractivity (Wildman–Crippen MR) is 111 cm³/mol. The molecule has 2 aliphatic heterocycles. The molecule has 0 saturated carbocycles. The second-order valence-electron chi connectivity index (χ2n) is 7.23. The maximum atomic E-state index is 13.2. The minimum atomic E-state index is -0.349. The smallest absolute Gasteiger partial charge is 0.310 e. The number of fused-ring (bicyclic) bond motifs is 2. The van der Waals surface area contributed by atoms with Crippen LogP contribution in [0.3, 0.4) is 0 Å². The predicted octanol–water partition coefficient (Wildman–Crippen LogP) is 3.94. The molecule has 8 heteroatoms. The number of hydrogen-bond donors (Lipinski definition) is 0. The van der Waals surface area contributed by atoms with Crippen LogP contribution >= 0.6 is 0 Å². The van der Waals surface area contributed by atoms with E-state index >= 15 is 0 Å². The van der Waals surface area contributed by atoms with E-state index in [9.17, 15) is 4.79 Å². The zero-order chi connectivity index (χ0) is 20.8. The van der Waals surface area contributed by atoms with Gasteiger partial charge in [-0.15, -0.1) is 0 Å². The fourth-order valence-corrected chi connectivity index (χ4v) is 3.99. The van der Waals surface area contributed by atoms with Crippen molar-refractivity contribution in [3.05, 3.63) is 84.1 Å². The quantitative estimate of drug-likeness (QED) is 0.506. The Kier molecular flexibility index (Phi) is 3.95. The second-order valence-corrected chi connectivity index (χ2v) is 7.23. The number of furan rings is 1. The van der Waals surface area contributed by atoms with Crippen LogP contribution in [0.5, 0.6) is 11.5 Å². The summed E-state index contributed by atoms with van der Waals surface area (Å²) in [5, 5.41) is 6.17. The molecular weight excluding hydrogens is 396 g/mol. The highest BCUT2D eigenvalue weighted by Crippen LogP contribution is 2.39. The highest BCUT2D eigenvalue weighted by atomic mass is 16.7. The standard InChI is InChI=1S/C23H16N4O4/c28-23(20-5-2-10-29-20)27-18(15-3-1-4-16-22(15)25-9-8-24-16)12-17(26-27)14-6-7-19-21(11-14)31-13-30-19/h1-11,18H,12-13H2/t18-/m1/s1. The Hall–Kier alpha value is -4.20. The summed E-state index contributed by atoms with van der Waals surface area (Å²) < 4.78 is 16.3. The Morgan fingerprint density at radius 2 is 1.90 bits per heavy atom. The summed E-state index contributed by atoms with van der Waals surface area (Å²) in [6.45, 7) is 0.200. The van der Waals surface area contributed by atoms with Gasteiger partial charge >= 0.3 is 5.91 Å². The minimum absolute atomic E-state index is 0.200. The van der Waals surface area contributed by atoms with Crippen molar-refractivity contribution in [2.45, 2.75) is 12.5 Å². The van der Waals surface area contributed by atoms with E-state index in [-0.39, 0.29) is 24.5 Å². The molecule has 0 spiro atoms. The largest absolute Gasteiger partial charge is 0.459 e. The van der Waals surface area contributed by atoms with E-state index in [0.29, 0.717) is 17.9 Å². The number of amides is 1. The number of carbonyl (C=O) groups excluding carboxylic acids is 1. The second kappa shape index (κ2) is 6.94. The molecule has 4 heterocycles. The molecule has 2 aliphatic rings. The molecule has 8 nitrogen and oxygen atoms in total. The summed E-state index contributed by atoms with van der Waals surface area (Å²) in [5.74, 6) is 1.29. The van der Waals surface area contributed by atoms with Crippen LogP contribution in [0.15, 0.2) is 76.7 Å². The third-order valence-electron chi connectivity index (χ3n) is 5.45. The fraction of sp³-hybridized carbons (Fsp3) is 0.130. The molecule has 31 heavy (non-hydrogen) atoms. The normalized spacial score (nSPS) is 17.2. The van der Waals surface area contributed by atoms with Crippen molar-refractivity contribution < 1.29 is 18.7 Å². The Bertz CT molecular complexity index is 1330. The molecule has 0 bridgehead atoms. The van der Waals surface area contributed by atoms with Gasteiger partial charge in [0.05, 0.1) is 29.1 Å². The van der Waals surface area contributed by atoms with E-state index in [1.165, 1.54) is 11.3 Å². The lowest BCUT2D eigenvalue weighted by Gasteiger charge is -2.21. The molecule has 0 unspecified atom stereocenters. The Labute approximate surface area is 176 Å². The average Bonchev–Trinajstić information content (AvgIpc) is 3.58. The maximum Gasteiger partial charge on any atom is 0.310 e. The third-order valence-corrected chi connectivity index (χ3v) is 5.45. The summed E-state index contributed by atoms with van der Waals surface area (Å²) in [4.78, 5) is 22.1. The van der Waals surface area contributed by atoms with Crippen molar-refractivity contribution >= 4 is 22.7 Å². The molecular formula is C23H16N4O4. The number of ether oxygens (including phenoxy) is 2. The zero-order valence-electron chi connectivity index (χ0n) is 16.3. The van der Waals surface area contributed by atoms with Crippen LogP contribution in [0.1, 0.15) is 34.1 Å². The van der Waals surface area contributed by atoms with E-state index in [1.807, 2.05) is 36.4 Å². The molecule has 0 saturated heterocycles. The van der Waals surface area contributed by atoms with Gasteiger partial charge in [0, 0.05) is 29.9 Å². The lowest BCUT2D eigenvalue weighted by atomic mass is 9.97. The fourth-order valence-electron chi connectivity index (χ4n) is 3.99. The SMILES string of the molecule is O=C(c1ccco1)N1N=C(c2ccc3c(c2)OCO3)C[C@@H]1c1cccc2nccnc12. The first-order valence-corrected chi connectivity index (χ1v) is 9.82. The highest BCUT2D eigenvalue weighted by molar-refractivity contribution is 6.05. The Morgan fingerprint density at radius 1 is 1.00 bits per heavy atom. The van der Waals surface area contributed by atoms with Gasteiger partial charge in [0.1, 0.15) is 0 Å². The minimum Gasteiger partial charge on any atom is -0.459 e. The van der Waals surface area contributed by atoms with Gasteiger partial charge in [-0.25, -0.2) is 5.01 Å². The lowest BCUT2D eigenvalue weighted by molar-refractivity contribution is 0.0679. The molecule has 0 aliphatic carbocycles. The monoisotopic (exact) mass is 412 g/mol. The summed E-state index contributed by atoms with van der Waals surface area (Å²) >= 11 is 0. The van der Waals surface area contributed by atoms with Gasteiger partial charge in [0.2, 0.25) is 6.79 Å². The zero-order valence-corrected chi connectivity index (χ0v) is 16.3. The maximum absolute atomic E-state index is 13.2. The first kappa shape index (κ1) is 17.6. The van der Waals surface area contributed by atoms with Gasteiger partial charge in [-0.3, -0.25) is 14.8 Å². The van der Waals surface area contributed by atoms with Gasteiger partial charge in [0.25, 0.3) is 0 Å². The van der Waals surface area contributed by atoms with Crippen molar-refractivity contribution in [2.75, 3.05) is 6.79 Å². The molecule has 0 radical (unpaired) electrons. The number of hydrogen-bond acceptors (Lipinski definition) is 7. The molecule has 1 atom stereocenters. The number of rotatable bonds is 3. The van der Waals surface area contributed by atoms with Crippen LogP contribution in [0.25, 0.3) is 11.0 Å². The van der Waals surface area contributed by atoms with Crippen molar-refractivity contribution in [1.29, 1.82) is 0 Å². The van der Waals surface area contributed by atoms with Gasteiger partial charge < -0.3 is 13.9 Å². The van der Waals surface area contributed by atoms with E-state index in [4.69, 9.17) is 19.0 Å². The van der Waals surface area contributed by atoms with E-state index in [0.717, 1.165) is 27.9 Å². The molecule has 0 fully saturated rings. The van der Waals surface area contributed by atoms with Crippen LogP contribution in [-0.4, -0.2) is 33.4 Å². The van der Waals surface area contributed by atoms with Crippen LogP contribution in [0.4, 0.5) is 0 Å².